The summed E-state index contributed by atoms with van der Waals surface area (Å²) in [5.41, 5.74) is -0.911. The Labute approximate surface area is 117 Å². The summed E-state index contributed by atoms with van der Waals surface area (Å²) in [5.74, 6) is -1.66. The van der Waals surface area contributed by atoms with Gasteiger partial charge in [0.05, 0.1) is 11.1 Å². The molecule has 0 amide bonds. The summed E-state index contributed by atoms with van der Waals surface area (Å²) in [6.45, 7) is 0. The van der Waals surface area contributed by atoms with Gasteiger partial charge in [0.25, 0.3) is 0 Å². The number of alkyl halides is 3. The molecule has 2 rings (SSSR count). The first-order chi connectivity index (χ1) is 9.82. The Morgan fingerprint density at radius 2 is 1.71 bits per heavy atom. The average Bonchev–Trinajstić information content (AvgIpc) is 2.45. The van der Waals surface area contributed by atoms with Crippen molar-refractivity contribution in [2.24, 2.45) is 0 Å². The minimum Gasteiger partial charge on any atom is -0.478 e. The van der Waals surface area contributed by atoms with Crippen molar-refractivity contribution in [1.29, 1.82) is 0 Å². The number of carboxylic acids is 1. The first kappa shape index (κ1) is 14.8. The van der Waals surface area contributed by atoms with Crippen LogP contribution in [0.15, 0.2) is 42.5 Å². The van der Waals surface area contributed by atoms with Gasteiger partial charge in [-0.05, 0) is 29.3 Å². The van der Waals surface area contributed by atoms with Gasteiger partial charge in [-0.25, -0.2) is 4.79 Å². The van der Waals surface area contributed by atoms with Crippen molar-refractivity contribution in [1.82, 2.24) is 0 Å². The van der Waals surface area contributed by atoms with Crippen LogP contribution in [0.5, 0.6) is 0 Å². The van der Waals surface area contributed by atoms with Gasteiger partial charge in [0.2, 0.25) is 0 Å². The monoisotopic (exact) mass is 294 g/mol. The SMILES string of the molecule is O=Cc1cccc(-c2ccc(C(F)(F)F)c(C(=O)O)c2)c1. The molecule has 3 nitrogen and oxygen atoms in total. The molecule has 108 valence electrons. The molecule has 0 radical (unpaired) electrons. The highest BCUT2D eigenvalue weighted by molar-refractivity contribution is 5.91. The van der Waals surface area contributed by atoms with Gasteiger partial charge in [0, 0.05) is 5.56 Å². The van der Waals surface area contributed by atoms with E-state index in [-0.39, 0.29) is 0 Å². The maximum Gasteiger partial charge on any atom is 0.417 e. The first-order valence-corrected chi connectivity index (χ1v) is 5.83. The number of hydrogen-bond donors (Lipinski definition) is 1. The predicted octanol–water partition coefficient (Wildman–Crippen LogP) is 3.88. The normalized spacial score (nSPS) is 11.2. The Morgan fingerprint density at radius 3 is 2.29 bits per heavy atom. The number of halogens is 3. The van der Waals surface area contributed by atoms with Gasteiger partial charge in [-0.2, -0.15) is 13.2 Å². The third-order valence-corrected chi connectivity index (χ3v) is 2.91. The van der Waals surface area contributed by atoms with Crippen LogP contribution in [0.4, 0.5) is 13.2 Å². The summed E-state index contributed by atoms with van der Waals surface area (Å²) in [6, 6.07) is 9.03. The van der Waals surface area contributed by atoms with Crippen molar-refractivity contribution < 1.29 is 27.9 Å². The molecular formula is C15H9F3O3. The van der Waals surface area contributed by atoms with E-state index < -0.39 is 23.3 Å². The van der Waals surface area contributed by atoms with Gasteiger partial charge in [-0.3, -0.25) is 4.79 Å². The number of rotatable bonds is 3. The van der Waals surface area contributed by atoms with E-state index in [0.717, 1.165) is 12.1 Å². The lowest BCUT2D eigenvalue weighted by Gasteiger charge is -2.12. The molecule has 0 spiro atoms. The number of carbonyl (C=O) groups is 2. The van der Waals surface area contributed by atoms with Crippen molar-refractivity contribution in [3.05, 3.63) is 59.2 Å². The fourth-order valence-corrected chi connectivity index (χ4v) is 1.94. The molecule has 0 aliphatic carbocycles. The Balaban J connectivity index is 2.59. The van der Waals surface area contributed by atoms with Gasteiger partial charge in [0.15, 0.2) is 0 Å². The molecule has 0 aromatic heterocycles. The Bertz CT molecular complexity index is 706. The summed E-state index contributed by atoms with van der Waals surface area (Å²) in [6.07, 6.45) is -4.14. The summed E-state index contributed by atoms with van der Waals surface area (Å²) in [7, 11) is 0. The van der Waals surface area contributed by atoms with E-state index in [2.05, 4.69) is 0 Å². The van der Waals surface area contributed by atoms with Crippen molar-refractivity contribution in [2.75, 3.05) is 0 Å². The van der Waals surface area contributed by atoms with Crippen LogP contribution in [0.1, 0.15) is 26.3 Å². The molecule has 0 aliphatic rings. The van der Waals surface area contributed by atoms with Gasteiger partial charge in [-0.15, -0.1) is 0 Å². The number of carbonyl (C=O) groups excluding carboxylic acids is 1. The number of carboxylic acid groups (broad SMARTS) is 1. The number of aromatic carboxylic acids is 1. The molecule has 21 heavy (non-hydrogen) atoms. The molecule has 0 unspecified atom stereocenters. The van der Waals surface area contributed by atoms with Crippen LogP contribution in [0.2, 0.25) is 0 Å². The molecule has 2 aromatic rings. The third kappa shape index (κ3) is 3.10. The molecule has 6 heteroatoms. The minimum absolute atomic E-state index is 0.295. The average molecular weight is 294 g/mol. The molecule has 0 atom stereocenters. The quantitative estimate of drug-likeness (QED) is 0.874. The van der Waals surface area contributed by atoms with Crippen molar-refractivity contribution in [3.63, 3.8) is 0 Å². The van der Waals surface area contributed by atoms with Crippen LogP contribution in [0, 0.1) is 0 Å². The van der Waals surface area contributed by atoms with E-state index in [1.165, 1.54) is 12.1 Å². The van der Waals surface area contributed by atoms with Crippen LogP contribution < -0.4 is 0 Å². The zero-order chi connectivity index (χ0) is 15.6. The molecule has 0 saturated heterocycles. The second kappa shape index (κ2) is 5.40. The molecule has 0 aliphatic heterocycles. The second-order valence-electron chi connectivity index (χ2n) is 4.31. The number of benzene rings is 2. The van der Waals surface area contributed by atoms with E-state index in [0.29, 0.717) is 23.0 Å². The van der Waals surface area contributed by atoms with E-state index in [1.54, 1.807) is 18.2 Å². The molecule has 1 N–H and O–H groups in total. The fraction of sp³-hybridized carbons (Fsp3) is 0.0667. The van der Waals surface area contributed by atoms with Gasteiger partial charge < -0.3 is 5.11 Å². The third-order valence-electron chi connectivity index (χ3n) is 2.91. The van der Waals surface area contributed by atoms with Gasteiger partial charge in [-0.1, -0.05) is 24.3 Å². The largest absolute Gasteiger partial charge is 0.478 e. The molecule has 2 aromatic carbocycles. The van der Waals surface area contributed by atoms with E-state index in [9.17, 15) is 22.8 Å². The van der Waals surface area contributed by atoms with Crippen LogP contribution in [-0.2, 0) is 6.18 Å². The predicted molar refractivity (Wildman–Crippen MR) is 69.2 cm³/mol. The van der Waals surface area contributed by atoms with Crippen LogP contribution in [-0.4, -0.2) is 17.4 Å². The van der Waals surface area contributed by atoms with Gasteiger partial charge >= 0.3 is 12.1 Å². The van der Waals surface area contributed by atoms with Crippen LogP contribution >= 0.6 is 0 Å². The molecule has 0 fully saturated rings. The zero-order valence-electron chi connectivity index (χ0n) is 10.5. The van der Waals surface area contributed by atoms with Crippen molar-refractivity contribution in [3.8, 4) is 11.1 Å². The summed E-state index contributed by atoms with van der Waals surface area (Å²) in [5, 5.41) is 8.94. The lowest BCUT2D eigenvalue weighted by Crippen LogP contribution is -2.12. The van der Waals surface area contributed by atoms with E-state index in [1.807, 2.05) is 0 Å². The van der Waals surface area contributed by atoms with Crippen LogP contribution in [0.25, 0.3) is 11.1 Å². The second-order valence-corrected chi connectivity index (χ2v) is 4.31. The lowest BCUT2D eigenvalue weighted by atomic mass is 9.98. The standard InChI is InChI=1S/C15H9F3O3/c16-15(17,18)13-5-4-11(7-12(13)14(20)21)10-3-1-2-9(6-10)8-19/h1-8H,(H,20,21). The topological polar surface area (TPSA) is 54.4 Å². The molecule has 0 bridgehead atoms. The number of hydrogen-bond acceptors (Lipinski definition) is 2. The minimum atomic E-state index is -4.74. The summed E-state index contributed by atoms with van der Waals surface area (Å²) >= 11 is 0. The fourth-order valence-electron chi connectivity index (χ4n) is 1.94. The lowest BCUT2D eigenvalue weighted by molar-refractivity contribution is -0.138. The highest BCUT2D eigenvalue weighted by atomic mass is 19.4. The summed E-state index contributed by atoms with van der Waals surface area (Å²) < 4.78 is 38.3. The van der Waals surface area contributed by atoms with E-state index >= 15 is 0 Å². The zero-order valence-corrected chi connectivity index (χ0v) is 10.5. The Morgan fingerprint density at radius 1 is 1.05 bits per heavy atom. The van der Waals surface area contributed by atoms with Gasteiger partial charge in [0.1, 0.15) is 6.29 Å². The molecular weight excluding hydrogens is 285 g/mol. The van der Waals surface area contributed by atoms with E-state index in [4.69, 9.17) is 5.11 Å². The van der Waals surface area contributed by atoms with Crippen molar-refractivity contribution >= 4 is 12.3 Å². The van der Waals surface area contributed by atoms with Crippen LogP contribution in [0.3, 0.4) is 0 Å². The maximum atomic E-state index is 12.8. The smallest absolute Gasteiger partial charge is 0.417 e. The highest BCUT2D eigenvalue weighted by Gasteiger charge is 2.35. The number of aldehydes is 1. The highest BCUT2D eigenvalue weighted by Crippen LogP contribution is 2.34. The summed E-state index contributed by atoms with van der Waals surface area (Å²) in [4.78, 5) is 21.7. The first-order valence-electron chi connectivity index (χ1n) is 5.83. The van der Waals surface area contributed by atoms with Crippen molar-refractivity contribution in [2.45, 2.75) is 6.18 Å². The maximum absolute atomic E-state index is 12.8. The molecule has 0 heterocycles. The molecule has 0 saturated carbocycles. The Hall–Kier alpha value is -2.63. The Kier molecular flexibility index (Phi) is 3.80.